The number of hydrogen-bond acceptors (Lipinski definition) is 6. The highest BCUT2D eigenvalue weighted by Gasteiger charge is 2.43. The molecule has 0 unspecified atom stereocenters. The molecule has 148 valence electrons. The molecule has 0 radical (unpaired) electrons. The first kappa shape index (κ1) is 20.0. The van der Waals surface area contributed by atoms with E-state index in [9.17, 15) is 14.4 Å². The normalized spacial score (nSPS) is 18.7. The van der Waals surface area contributed by atoms with Crippen LogP contribution in [0, 0.1) is 0 Å². The van der Waals surface area contributed by atoms with E-state index < -0.39 is 24.5 Å². The van der Waals surface area contributed by atoms with Crippen LogP contribution in [0.25, 0.3) is 0 Å². The van der Waals surface area contributed by atoms with Crippen molar-refractivity contribution in [2.24, 2.45) is 0 Å². The number of hydrogen-bond donors (Lipinski definition) is 1. The van der Waals surface area contributed by atoms with Crippen molar-refractivity contribution in [1.82, 2.24) is 4.90 Å². The molecule has 1 aliphatic rings. The lowest BCUT2D eigenvalue weighted by molar-refractivity contribution is -0.155. The molecule has 3 rings (SSSR count). The third-order valence-electron chi connectivity index (χ3n) is 4.39. The van der Waals surface area contributed by atoms with Gasteiger partial charge in [0.05, 0.1) is 6.26 Å². The summed E-state index contributed by atoms with van der Waals surface area (Å²) in [6.45, 7) is 3.02. The first-order chi connectivity index (χ1) is 13.5. The van der Waals surface area contributed by atoms with Crippen LogP contribution in [0.4, 0.5) is 5.69 Å². The van der Waals surface area contributed by atoms with Gasteiger partial charge >= 0.3 is 5.97 Å². The summed E-state index contributed by atoms with van der Waals surface area (Å²) in [5.74, 6) is -0.305. The number of nitrogens with one attached hydrogen (secondary N) is 1. The summed E-state index contributed by atoms with van der Waals surface area (Å²) in [4.78, 5) is 38.1. The number of aryl methyl sites for hydroxylation is 1. The van der Waals surface area contributed by atoms with Crippen molar-refractivity contribution in [3.63, 3.8) is 0 Å². The molecule has 7 nitrogen and oxygen atoms in total. The molecule has 1 fully saturated rings. The molecule has 28 heavy (non-hydrogen) atoms. The zero-order chi connectivity index (χ0) is 20.1. The van der Waals surface area contributed by atoms with Crippen molar-refractivity contribution in [3.05, 3.63) is 54.0 Å². The zero-order valence-electron chi connectivity index (χ0n) is 15.7. The average molecular weight is 402 g/mol. The second-order valence-electron chi connectivity index (χ2n) is 6.35. The summed E-state index contributed by atoms with van der Waals surface area (Å²) >= 11 is 1.42. The highest BCUT2D eigenvalue weighted by molar-refractivity contribution is 7.99. The number of esters is 1. The van der Waals surface area contributed by atoms with Crippen molar-refractivity contribution in [2.45, 2.75) is 31.7 Å². The summed E-state index contributed by atoms with van der Waals surface area (Å²) in [6, 6.07) is 10.2. The van der Waals surface area contributed by atoms with Crippen molar-refractivity contribution in [1.29, 1.82) is 0 Å². The number of ether oxygens (including phenoxy) is 1. The molecule has 8 heteroatoms. The fourth-order valence-electron chi connectivity index (χ4n) is 3.02. The van der Waals surface area contributed by atoms with E-state index >= 15 is 0 Å². The Labute approximate surface area is 167 Å². The second kappa shape index (κ2) is 8.97. The van der Waals surface area contributed by atoms with E-state index in [0.717, 1.165) is 12.0 Å². The third-order valence-corrected chi connectivity index (χ3v) is 5.67. The van der Waals surface area contributed by atoms with E-state index in [4.69, 9.17) is 9.15 Å². The van der Waals surface area contributed by atoms with Gasteiger partial charge in [-0.2, -0.15) is 0 Å². The highest BCUT2D eigenvalue weighted by atomic mass is 32.2. The van der Waals surface area contributed by atoms with Crippen LogP contribution in [0.15, 0.2) is 47.1 Å². The maximum Gasteiger partial charge on any atom is 0.330 e. The first-order valence-corrected chi connectivity index (χ1v) is 10.0. The molecular weight excluding hydrogens is 380 g/mol. The summed E-state index contributed by atoms with van der Waals surface area (Å²) in [5.41, 5.74) is 1.75. The van der Waals surface area contributed by atoms with Gasteiger partial charge in [-0.15, -0.1) is 11.8 Å². The summed E-state index contributed by atoms with van der Waals surface area (Å²) in [6.07, 6.45) is 2.38. The SMILES string of the molecule is CCc1cccc(NC(=O)COC(=O)[C@@H]2CS[C@@H](c3ccco3)N2C(C)=O)c1. The molecule has 1 N–H and O–H groups in total. The summed E-state index contributed by atoms with van der Waals surface area (Å²) < 4.78 is 10.6. The lowest BCUT2D eigenvalue weighted by Gasteiger charge is -2.25. The molecule has 2 heterocycles. The fraction of sp³-hybridized carbons (Fsp3) is 0.350. The Bertz CT molecular complexity index is 852. The smallest absolute Gasteiger partial charge is 0.330 e. The first-order valence-electron chi connectivity index (χ1n) is 8.99. The molecule has 0 saturated carbocycles. The third kappa shape index (κ3) is 4.56. The van der Waals surface area contributed by atoms with Gasteiger partial charge < -0.3 is 19.4 Å². The van der Waals surface area contributed by atoms with Gasteiger partial charge in [0.1, 0.15) is 17.2 Å². The van der Waals surface area contributed by atoms with Crippen molar-refractivity contribution >= 4 is 35.2 Å². The molecule has 0 aliphatic carbocycles. The van der Waals surface area contributed by atoms with Gasteiger partial charge in [0, 0.05) is 18.4 Å². The molecular formula is C20H22N2O5S. The van der Waals surface area contributed by atoms with Gasteiger partial charge in [0.25, 0.3) is 5.91 Å². The Hall–Kier alpha value is -2.74. The molecule has 2 atom stereocenters. The molecule has 1 saturated heterocycles. The lowest BCUT2D eigenvalue weighted by atomic mass is 10.1. The Kier molecular flexibility index (Phi) is 6.41. The second-order valence-corrected chi connectivity index (χ2v) is 7.47. The van der Waals surface area contributed by atoms with Crippen molar-refractivity contribution in [3.8, 4) is 0 Å². The van der Waals surface area contributed by atoms with Crippen LogP contribution in [0.2, 0.25) is 0 Å². The molecule has 2 amide bonds. The highest BCUT2D eigenvalue weighted by Crippen LogP contribution is 2.41. The van der Waals surface area contributed by atoms with E-state index in [1.54, 1.807) is 18.2 Å². The predicted molar refractivity (Wildman–Crippen MR) is 106 cm³/mol. The maximum atomic E-state index is 12.5. The van der Waals surface area contributed by atoms with Crippen LogP contribution in [-0.4, -0.2) is 41.1 Å². The number of anilines is 1. The van der Waals surface area contributed by atoms with E-state index in [0.29, 0.717) is 17.2 Å². The van der Waals surface area contributed by atoms with Crippen molar-refractivity contribution in [2.75, 3.05) is 17.7 Å². The molecule has 1 aromatic heterocycles. The Morgan fingerprint density at radius 2 is 2.11 bits per heavy atom. The molecule has 2 aromatic rings. The summed E-state index contributed by atoms with van der Waals surface area (Å²) in [7, 11) is 0. The van der Waals surface area contributed by atoms with E-state index in [1.807, 2.05) is 25.1 Å². The van der Waals surface area contributed by atoms with Crippen LogP contribution >= 0.6 is 11.8 Å². The van der Waals surface area contributed by atoms with Gasteiger partial charge in [0.15, 0.2) is 6.61 Å². The number of furan rings is 1. The Morgan fingerprint density at radius 1 is 1.29 bits per heavy atom. The number of rotatable bonds is 6. The van der Waals surface area contributed by atoms with Gasteiger partial charge in [0.2, 0.25) is 5.91 Å². The molecule has 0 bridgehead atoms. The number of amides is 2. The summed E-state index contributed by atoms with van der Waals surface area (Å²) in [5, 5.41) is 2.33. The molecule has 0 spiro atoms. The zero-order valence-corrected chi connectivity index (χ0v) is 16.5. The van der Waals surface area contributed by atoms with Crippen LogP contribution in [0.5, 0.6) is 0 Å². The van der Waals surface area contributed by atoms with Crippen molar-refractivity contribution < 1.29 is 23.5 Å². The van der Waals surface area contributed by atoms with Gasteiger partial charge in [-0.3, -0.25) is 9.59 Å². The van der Waals surface area contributed by atoms with E-state index in [1.165, 1.54) is 29.8 Å². The van der Waals surface area contributed by atoms with Crippen LogP contribution < -0.4 is 5.32 Å². The number of nitrogens with zero attached hydrogens (tertiary/aromatic N) is 1. The molecule has 1 aliphatic heterocycles. The monoisotopic (exact) mass is 402 g/mol. The fourth-order valence-corrected chi connectivity index (χ4v) is 4.44. The minimum absolute atomic E-state index is 0.255. The number of carbonyl (C=O) groups excluding carboxylic acids is 3. The van der Waals surface area contributed by atoms with E-state index in [2.05, 4.69) is 5.32 Å². The van der Waals surface area contributed by atoms with Crippen LogP contribution in [-0.2, 0) is 25.5 Å². The topological polar surface area (TPSA) is 88.8 Å². The van der Waals surface area contributed by atoms with Gasteiger partial charge in [-0.1, -0.05) is 19.1 Å². The Morgan fingerprint density at radius 3 is 2.79 bits per heavy atom. The van der Waals surface area contributed by atoms with E-state index in [-0.39, 0.29) is 11.3 Å². The van der Waals surface area contributed by atoms with Gasteiger partial charge in [-0.25, -0.2) is 4.79 Å². The Balaban J connectivity index is 1.57. The van der Waals surface area contributed by atoms with Gasteiger partial charge in [-0.05, 0) is 36.2 Å². The minimum Gasteiger partial charge on any atom is -0.466 e. The lowest BCUT2D eigenvalue weighted by Crippen LogP contribution is -2.43. The average Bonchev–Trinajstić information content (AvgIpc) is 3.35. The standard InChI is InChI=1S/C20H22N2O5S/c1-3-14-6-4-7-15(10-14)21-18(24)11-27-20(25)16-12-28-19(22(16)13(2)23)17-8-5-9-26-17/h4-10,16,19H,3,11-12H2,1-2H3,(H,21,24)/t16-,19-/m0/s1. The largest absolute Gasteiger partial charge is 0.466 e. The number of benzene rings is 1. The molecule has 1 aromatic carbocycles. The number of thioether (sulfide) groups is 1. The number of carbonyl (C=O) groups is 3. The van der Waals surface area contributed by atoms with Crippen LogP contribution in [0.1, 0.15) is 30.5 Å². The maximum absolute atomic E-state index is 12.5. The predicted octanol–water partition coefficient (Wildman–Crippen LogP) is 2.99. The minimum atomic E-state index is -0.756. The van der Waals surface area contributed by atoms with Crippen LogP contribution in [0.3, 0.4) is 0 Å². The quantitative estimate of drug-likeness (QED) is 0.748.